The molecular formula is C22H20N2O2. The van der Waals surface area contributed by atoms with Gasteiger partial charge in [0.15, 0.2) is 0 Å². The van der Waals surface area contributed by atoms with Crippen molar-refractivity contribution >= 4 is 28.7 Å². The number of hydrogen-bond acceptors (Lipinski definition) is 3. The Balaban J connectivity index is 1.45. The van der Waals surface area contributed by atoms with Gasteiger partial charge >= 0.3 is 5.91 Å². The van der Waals surface area contributed by atoms with Crippen molar-refractivity contribution in [2.75, 3.05) is 0 Å². The summed E-state index contributed by atoms with van der Waals surface area (Å²) in [7, 11) is 0. The van der Waals surface area contributed by atoms with Crippen LogP contribution in [0.25, 0.3) is 10.8 Å². The second-order valence-corrected chi connectivity index (χ2v) is 6.07. The van der Waals surface area contributed by atoms with Crippen LogP contribution in [0.3, 0.4) is 0 Å². The van der Waals surface area contributed by atoms with Crippen molar-refractivity contribution in [1.82, 2.24) is 5.43 Å². The number of ketones is 1. The third-order valence-electron chi connectivity index (χ3n) is 4.12. The van der Waals surface area contributed by atoms with Gasteiger partial charge in [0, 0.05) is 6.42 Å². The molecule has 0 fully saturated rings. The van der Waals surface area contributed by atoms with Gasteiger partial charge < -0.3 is 0 Å². The average Bonchev–Trinajstić information content (AvgIpc) is 2.68. The van der Waals surface area contributed by atoms with E-state index in [9.17, 15) is 9.59 Å². The molecule has 1 amide bonds. The molecule has 0 heterocycles. The molecule has 4 heteroatoms. The van der Waals surface area contributed by atoms with Crippen molar-refractivity contribution in [2.45, 2.75) is 19.3 Å². The van der Waals surface area contributed by atoms with Crippen molar-refractivity contribution < 1.29 is 9.59 Å². The lowest BCUT2D eigenvalue weighted by Gasteiger charge is -2.04. The van der Waals surface area contributed by atoms with Crippen LogP contribution in [0.4, 0.5) is 0 Å². The molecule has 3 aromatic rings. The Morgan fingerprint density at radius 3 is 2.42 bits per heavy atom. The number of fused-ring (bicyclic) bond motifs is 1. The SMILES string of the molecule is O=C(CCCc1ccc2ccccc2c1)C(=O)N/N=C/c1ccccc1. The van der Waals surface area contributed by atoms with Gasteiger partial charge in [-0.3, -0.25) is 9.59 Å². The summed E-state index contributed by atoms with van der Waals surface area (Å²) in [6, 6.07) is 23.8. The number of carbonyl (C=O) groups excluding carboxylic acids is 2. The molecule has 0 aromatic heterocycles. The van der Waals surface area contributed by atoms with Crippen molar-refractivity contribution in [3.8, 4) is 0 Å². The average molecular weight is 344 g/mol. The third kappa shape index (κ3) is 4.86. The molecule has 0 saturated heterocycles. The van der Waals surface area contributed by atoms with Gasteiger partial charge in [-0.25, -0.2) is 5.43 Å². The molecular weight excluding hydrogens is 324 g/mol. The molecule has 0 radical (unpaired) electrons. The number of Topliss-reactive ketones (excluding diaryl/α,β-unsaturated/α-hetero) is 1. The summed E-state index contributed by atoms with van der Waals surface area (Å²) in [6.07, 6.45) is 3.11. The van der Waals surface area contributed by atoms with E-state index in [4.69, 9.17) is 0 Å². The predicted molar refractivity (Wildman–Crippen MR) is 104 cm³/mol. The van der Waals surface area contributed by atoms with Crippen molar-refractivity contribution in [3.05, 3.63) is 83.9 Å². The van der Waals surface area contributed by atoms with E-state index in [1.807, 2.05) is 42.5 Å². The minimum Gasteiger partial charge on any atom is -0.289 e. The largest absolute Gasteiger partial charge is 0.307 e. The highest BCUT2D eigenvalue weighted by atomic mass is 16.2. The highest BCUT2D eigenvalue weighted by molar-refractivity contribution is 6.36. The summed E-state index contributed by atoms with van der Waals surface area (Å²) in [5.41, 5.74) is 4.31. The fraction of sp³-hybridized carbons (Fsp3) is 0.136. The van der Waals surface area contributed by atoms with E-state index in [-0.39, 0.29) is 6.42 Å². The van der Waals surface area contributed by atoms with E-state index in [2.05, 4.69) is 40.9 Å². The Bertz CT molecular complexity index is 933. The summed E-state index contributed by atoms with van der Waals surface area (Å²) in [4.78, 5) is 23.7. The molecule has 3 rings (SSSR count). The molecule has 0 unspecified atom stereocenters. The van der Waals surface area contributed by atoms with Gasteiger partial charge in [0.1, 0.15) is 0 Å². The van der Waals surface area contributed by atoms with Gasteiger partial charge in [-0.2, -0.15) is 5.10 Å². The Morgan fingerprint density at radius 1 is 0.885 bits per heavy atom. The Hall–Kier alpha value is -3.27. The van der Waals surface area contributed by atoms with Gasteiger partial charge in [0.05, 0.1) is 6.21 Å². The number of benzene rings is 3. The lowest BCUT2D eigenvalue weighted by Crippen LogP contribution is -2.26. The van der Waals surface area contributed by atoms with Crippen LogP contribution in [-0.4, -0.2) is 17.9 Å². The van der Waals surface area contributed by atoms with Crippen LogP contribution >= 0.6 is 0 Å². The number of hydrazone groups is 1. The standard InChI is InChI=1S/C22H20N2O2/c25-21(22(26)24-23-16-18-7-2-1-3-8-18)12-6-9-17-13-14-19-10-4-5-11-20(19)15-17/h1-5,7-8,10-11,13-16H,6,9,12H2,(H,24,26)/b23-16+. The van der Waals surface area contributed by atoms with Crippen LogP contribution in [0.2, 0.25) is 0 Å². The minimum atomic E-state index is -0.671. The van der Waals surface area contributed by atoms with E-state index in [1.54, 1.807) is 0 Å². The molecule has 0 saturated carbocycles. The maximum Gasteiger partial charge on any atom is 0.307 e. The Morgan fingerprint density at radius 2 is 1.62 bits per heavy atom. The molecule has 130 valence electrons. The number of carbonyl (C=O) groups is 2. The fourth-order valence-electron chi connectivity index (χ4n) is 2.73. The summed E-state index contributed by atoms with van der Waals surface area (Å²) in [5, 5.41) is 6.20. The number of nitrogens with zero attached hydrogens (tertiary/aromatic N) is 1. The number of aryl methyl sites for hydroxylation is 1. The van der Waals surface area contributed by atoms with Crippen molar-refractivity contribution in [2.24, 2.45) is 5.10 Å². The zero-order valence-corrected chi connectivity index (χ0v) is 14.4. The minimum absolute atomic E-state index is 0.208. The fourth-order valence-corrected chi connectivity index (χ4v) is 2.73. The van der Waals surface area contributed by atoms with Crippen LogP contribution in [0.15, 0.2) is 77.9 Å². The van der Waals surface area contributed by atoms with Crippen LogP contribution in [-0.2, 0) is 16.0 Å². The first-order valence-electron chi connectivity index (χ1n) is 8.61. The van der Waals surface area contributed by atoms with E-state index in [0.29, 0.717) is 6.42 Å². The molecule has 0 aliphatic rings. The quantitative estimate of drug-likeness (QED) is 0.402. The topological polar surface area (TPSA) is 58.5 Å². The molecule has 1 N–H and O–H groups in total. The molecule has 0 spiro atoms. The Kier molecular flexibility index (Phi) is 5.88. The molecule has 26 heavy (non-hydrogen) atoms. The van der Waals surface area contributed by atoms with Gasteiger partial charge in [-0.1, -0.05) is 72.8 Å². The zero-order chi connectivity index (χ0) is 18.2. The van der Waals surface area contributed by atoms with Crippen molar-refractivity contribution in [1.29, 1.82) is 0 Å². The highest BCUT2D eigenvalue weighted by Gasteiger charge is 2.12. The maximum absolute atomic E-state index is 11.9. The lowest BCUT2D eigenvalue weighted by molar-refractivity contribution is -0.137. The summed E-state index contributed by atoms with van der Waals surface area (Å²) in [5.74, 6) is -1.12. The van der Waals surface area contributed by atoms with Gasteiger partial charge in [-0.05, 0) is 34.7 Å². The smallest absolute Gasteiger partial charge is 0.289 e. The van der Waals surface area contributed by atoms with Crippen LogP contribution in [0.5, 0.6) is 0 Å². The van der Waals surface area contributed by atoms with Gasteiger partial charge in [0.25, 0.3) is 0 Å². The van der Waals surface area contributed by atoms with Gasteiger partial charge in [-0.15, -0.1) is 0 Å². The third-order valence-corrected chi connectivity index (χ3v) is 4.12. The van der Waals surface area contributed by atoms with E-state index in [1.165, 1.54) is 22.6 Å². The summed E-state index contributed by atoms with van der Waals surface area (Å²) < 4.78 is 0. The molecule has 3 aromatic carbocycles. The van der Waals surface area contributed by atoms with E-state index < -0.39 is 11.7 Å². The molecule has 0 atom stereocenters. The monoisotopic (exact) mass is 344 g/mol. The first-order valence-corrected chi connectivity index (χ1v) is 8.61. The predicted octanol–water partition coefficient (Wildman–Crippen LogP) is 3.88. The normalized spacial score (nSPS) is 10.9. The van der Waals surface area contributed by atoms with Crippen molar-refractivity contribution in [3.63, 3.8) is 0 Å². The second kappa shape index (κ2) is 8.72. The molecule has 0 bridgehead atoms. The molecule has 0 aliphatic carbocycles. The van der Waals surface area contributed by atoms with Crippen LogP contribution in [0, 0.1) is 0 Å². The van der Waals surface area contributed by atoms with E-state index in [0.717, 1.165) is 12.0 Å². The van der Waals surface area contributed by atoms with Gasteiger partial charge in [0.2, 0.25) is 5.78 Å². The molecule has 4 nitrogen and oxygen atoms in total. The Labute approximate surface area is 152 Å². The van der Waals surface area contributed by atoms with Crippen LogP contribution in [0.1, 0.15) is 24.0 Å². The maximum atomic E-state index is 11.9. The summed E-state index contributed by atoms with van der Waals surface area (Å²) >= 11 is 0. The molecule has 0 aliphatic heterocycles. The van der Waals surface area contributed by atoms with Crippen LogP contribution < -0.4 is 5.43 Å². The second-order valence-electron chi connectivity index (χ2n) is 6.07. The first kappa shape index (κ1) is 17.5. The first-order chi connectivity index (χ1) is 12.7. The zero-order valence-electron chi connectivity index (χ0n) is 14.4. The number of rotatable bonds is 7. The number of hydrogen-bond donors (Lipinski definition) is 1. The number of amides is 1. The number of nitrogens with one attached hydrogen (secondary N) is 1. The summed E-state index contributed by atoms with van der Waals surface area (Å²) in [6.45, 7) is 0. The van der Waals surface area contributed by atoms with E-state index >= 15 is 0 Å². The highest BCUT2D eigenvalue weighted by Crippen LogP contribution is 2.17. The lowest BCUT2D eigenvalue weighted by atomic mass is 10.0.